The Hall–Kier alpha value is -3.26. The van der Waals surface area contributed by atoms with E-state index in [0.717, 1.165) is 37.1 Å². The van der Waals surface area contributed by atoms with Gasteiger partial charge in [-0.2, -0.15) is 0 Å². The second kappa shape index (κ2) is 8.16. The molecule has 2 aliphatic heterocycles. The Morgan fingerprint density at radius 2 is 1.60 bits per heavy atom. The first-order valence-corrected chi connectivity index (χ1v) is 13.3. The number of nitrogens with zero attached hydrogens (tertiary/aromatic N) is 1. The molecule has 1 saturated heterocycles. The van der Waals surface area contributed by atoms with Crippen LogP contribution in [-0.2, 0) is 20.4 Å². The number of benzene rings is 3. The second-order valence-corrected chi connectivity index (χ2v) is 11.0. The zero-order chi connectivity index (χ0) is 24.2. The molecule has 178 valence electrons. The molecule has 1 aromatic heterocycles. The third kappa shape index (κ3) is 3.30. The van der Waals surface area contributed by atoms with Crippen molar-refractivity contribution in [3.63, 3.8) is 0 Å². The monoisotopic (exact) mass is 486 g/mol. The van der Waals surface area contributed by atoms with Crippen LogP contribution in [0, 0.1) is 6.92 Å². The van der Waals surface area contributed by atoms with Crippen LogP contribution in [0.5, 0.6) is 0 Å². The second-order valence-electron chi connectivity index (χ2n) is 9.25. The molecule has 3 aromatic carbocycles. The van der Waals surface area contributed by atoms with Gasteiger partial charge < -0.3 is 10.1 Å². The van der Waals surface area contributed by atoms with E-state index in [1.54, 1.807) is 49.4 Å². The van der Waals surface area contributed by atoms with Crippen molar-refractivity contribution in [3.8, 4) is 0 Å². The standard InChI is InChI=1S/C28H26N2O4S/c1-19-25(22-12-6-8-14-24(22)30(19)35(32,33)20-9-3-2-4-10-20)26(31)27-21-11-5-7-13-23(21)28(34-27)15-17-29-18-16-28/h2-14,27,29H,15-18H2,1H3/t27-/m1/s1. The van der Waals surface area contributed by atoms with Crippen molar-refractivity contribution in [3.05, 3.63) is 101 Å². The minimum atomic E-state index is -3.90. The number of piperidine rings is 1. The normalized spacial score (nSPS) is 19.2. The highest BCUT2D eigenvalue weighted by atomic mass is 32.2. The third-order valence-corrected chi connectivity index (χ3v) is 9.13. The van der Waals surface area contributed by atoms with Gasteiger partial charge >= 0.3 is 0 Å². The number of nitrogens with one attached hydrogen (secondary N) is 1. The first-order chi connectivity index (χ1) is 16.9. The molecule has 0 radical (unpaired) electrons. The molecule has 35 heavy (non-hydrogen) atoms. The Morgan fingerprint density at radius 3 is 2.37 bits per heavy atom. The van der Waals surface area contributed by atoms with Gasteiger partial charge in [0.05, 0.1) is 21.6 Å². The van der Waals surface area contributed by atoms with Crippen LogP contribution in [0.4, 0.5) is 0 Å². The van der Waals surface area contributed by atoms with E-state index < -0.39 is 21.7 Å². The Kier molecular flexibility index (Phi) is 5.18. The van der Waals surface area contributed by atoms with Gasteiger partial charge in [-0.3, -0.25) is 4.79 Å². The summed E-state index contributed by atoms with van der Waals surface area (Å²) in [6.07, 6.45) is 0.801. The molecule has 6 rings (SSSR count). The van der Waals surface area contributed by atoms with E-state index in [1.165, 1.54) is 3.97 Å². The third-order valence-electron chi connectivity index (χ3n) is 7.31. The van der Waals surface area contributed by atoms with Crippen molar-refractivity contribution < 1.29 is 17.9 Å². The number of para-hydroxylation sites is 1. The van der Waals surface area contributed by atoms with Gasteiger partial charge in [-0.05, 0) is 62.2 Å². The predicted molar refractivity (Wildman–Crippen MR) is 134 cm³/mol. The van der Waals surface area contributed by atoms with Crippen molar-refractivity contribution >= 4 is 26.7 Å². The SMILES string of the molecule is Cc1c(C(=O)[C@@H]2OC3(CCNCC3)c3ccccc32)c2ccccc2n1S(=O)(=O)c1ccccc1. The van der Waals surface area contributed by atoms with Gasteiger partial charge in [-0.1, -0.05) is 60.7 Å². The number of hydrogen-bond donors (Lipinski definition) is 1. The lowest BCUT2D eigenvalue weighted by Gasteiger charge is -2.34. The zero-order valence-electron chi connectivity index (χ0n) is 19.4. The first-order valence-electron chi connectivity index (χ1n) is 11.9. The summed E-state index contributed by atoms with van der Waals surface area (Å²) in [6, 6.07) is 23.4. The lowest BCUT2D eigenvalue weighted by Crippen LogP contribution is -2.40. The largest absolute Gasteiger partial charge is 0.354 e. The molecule has 1 fully saturated rings. The maximum absolute atomic E-state index is 14.2. The van der Waals surface area contributed by atoms with Gasteiger partial charge in [0.1, 0.15) is 6.10 Å². The van der Waals surface area contributed by atoms with Crippen LogP contribution in [-0.4, -0.2) is 31.3 Å². The lowest BCUT2D eigenvalue weighted by atomic mass is 9.83. The molecule has 1 atom stereocenters. The van der Waals surface area contributed by atoms with E-state index in [2.05, 4.69) is 11.4 Å². The number of ketones is 1. The van der Waals surface area contributed by atoms with E-state index >= 15 is 0 Å². The zero-order valence-corrected chi connectivity index (χ0v) is 20.2. The summed E-state index contributed by atoms with van der Waals surface area (Å²) in [4.78, 5) is 14.4. The van der Waals surface area contributed by atoms with Gasteiger partial charge in [-0.15, -0.1) is 0 Å². The molecular formula is C28H26N2O4S. The van der Waals surface area contributed by atoms with Crippen molar-refractivity contribution in [2.24, 2.45) is 0 Å². The number of aromatic nitrogens is 1. The number of ether oxygens (including phenoxy) is 1. The number of hydrogen-bond acceptors (Lipinski definition) is 5. The van der Waals surface area contributed by atoms with Crippen molar-refractivity contribution in [1.82, 2.24) is 9.29 Å². The quantitative estimate of drug-likeness (QED) is 0.423. The Balaban J connectivity index is 1.52. The predicted octanol–water partition coefficient (Wildman–Crippen LogP) is 4.72. The molecule has 6 nitrogen and oxygen atoms in total. The highest BCUT2D eigenvalue weighted by Crippen LogP contribution is 2.50. The minimum Gasteiger partial charge on any atom is -0.354 e. The van der Waals surface area contributed by atoms with Crippen LogP contribution in [0.25, 0.3) is 10.9 Å². The van der Waals surface area contributed by atoms with Crippen LogP contribution >= 0.6 is 0 Å². The van der Waals surface area contributed by atoms with Gasteiger partial charge in [0, 0.05) is 11.1 Å². The highest BCUT2D eigenvalue weighted by Gasteiger charge is 2.48. The topological polar surface area (TPSA) is 77.4 Å². The summed E-state index contributed by atoms with van der Waals surface area (Å²) >= 11 is 0. The Morgan fingerprint density at radius 1 is 0.943 bits per heavy atom. The summed E-state index contributed by atoms with van der Waals surface area (Å²) in [5.74, 6) is -0.205. The molecule has 2 aliphatic rings. The van der Waals surface area contributed by atoms with Gasteiger partial charge in [-0.25, -0.2) is 12.4 Å². The number of Topliss-reactive ketones (excluding diaryl/α,β-unsaturated/α-hetero) is 1. The molecule has 0 bridgehead atoms. The average Bonchev–Trinajstić information content (AvgIpc) is 3.37. The molecule has 4 aromatic rings. The van der Waals surface area contributed by atoms with Gasteiger partial charge in [0.15, 0.2) is 5.78 Å². The van der Waals surface area contributed by atoms with Crippen molar-refractivity contribution in [1.29, 1.82) is 0 Å². The van der Waals surface area contributed by atoms with E-state index in [9.17, 15) is 13.2 Å². The molecule has 0 aliphatic carbocycles. The smallest absolute Gasteiger partial charge is 0.268 e. The molecule has 1 N–H and O–H groups in total. The molecule has 1 spiro atoms. The number of carbonyl (C=O) groups is 1. The summed E-state index contributed by atoms with van der Waals surface area (Å²) in [6.45, 7) is 3.35. The molecule has 3 heterocycles. The summed E-state index contributed by atoms with van der Waals surface area (Å²) in [5, 5.41) is 3.99. The van der Waals surface area contributed by atoms with E-state index in [0.29, 0.717) is 22.2 Å². The van der Waals surface area contributed by atoms with Crippen LogP contribution in [0.15, 0.2) is 83.8 Å². The molecule has 0 saturated carbocycles. The average molecular weight is 487 g/mol. The highest BCUT2D eigenvalue weighted by molar-refractivity contribution is 7.90. The van der Waals surface area contributed by atoms with E-state index in [4.69, 9.17) is 4.74 Å². The van der Waals surface area contributed by atoms with Crippen molar-refractivity contribution in [2.45, 2.75) is 36.4 Å². The molecule has 0 amide bonds. The van der Waals surface area contributed by atoms with Gasteiger partial charge in [0.2, 0.25) is 0 Å². The summed E-state index contributed by atoms with van der Waals surface area (Å²) in [5.41, 5.74) is 2.72. The van der Waals surface area contributed by atoms with Crippen LogP contribution in [0.3, 0.4) is 0 Å². The first kappa shape index (κ1) is 22.2. The van der Waals surface area contributed by atoms with E-state index in [-0.39, 0.29) is 10.7 Å². The van der Waals surface area contributed by atoms with Crippen molar-refractivity contribution in [2.75, 3.05) is 13.1 Å². The summed E-state index contributed by atoms with van der Waals surface area (Å²) < 4.78 is 35.3. The molecule has 7 heteroatoms. The lowest BCUT2D eigenvalue weighted by molar-refractivity contribution is -0.0806. The van der Waals surface area contributed by atoms with Crippen LogP contribution < -0.4 is 5.32 Å². The van der Waals surface area contributed by atoms with E-state index in [1.807, 2.05) is 30.3 Å². The fourth-order valence-electron chi connectivity index (χ4n) is 5.69. The number of fused-ring (bicyclic) bond motifs is 3. The van der Waals surface area contributed by atoms with Gasteiger partial charge in [0.25, 0.3) is 10.0 Å². The molecular weight excluding hydrogens is 460 g/mol. The Labute approximate surface area is 204 Å². The maximum atomic E-state index is 14.2. The van der Waals surface area contributed by atoms with Crippen LogP contribution in [0.2, 0.25) is 0 Å². The maximum Gasteiger partial charge on any atom is 0.268 e. The fourth-order valence-corrected chi connectivity index (χ4v) is 7.28. The fraction of sp³-hybridized carbons (Fsp3) is 0.250. The minimum absolute atomic E-state index is 0.180. The van der Waals surface area contributed by atoms with Crippen LogP contribution in [0.1, 0.15) is 46.1 Å². The molecule has 0 unspecified atom stereocenters. The number of rotatable bonds is 4. The summed E-state index contributed by atoms with van der Waals surface area (Å²) in [7, 11) is -3.90. The number of carbonyl (C=O) groups excluding carboxylic acids is 1. The Bertz CT molecular complexity index is 1550.